The van der Waals surface area contributed by atoms with E-state index in [1.807, 2.05) is 30.3 Å². The number of anilines is 1. The molecule has 7 nitrogen and oxygen atoms in total. The van der Waals surface area contributed by atoms with Gasteiger partial charge in [0.05, 0.1) is 11.2 Å². The normalized spacial score (nSPS) is 10.9. The van der Waals surface area contributed by atoms with E-state index >= 15 is 0 Å². The van der Waals surface area contributed by atoms with Crippen molar-refractivity contribution in [2.45, 2.75) is 6.42 Å². The molecule has 0 saturated heterocycles. The summed E-state index contributed by atoms with van der Waals surface area (Å²) in [5.41, 5.74) is 6.87. The summed E-state index contributed by atoms with van der Waals surface area (Å²) < 4.78 is 18.2. The van der Waals surface area contributed by atoms with Crippen LogP contribution in [-0.2, 0) is 19.1 Å². The number of amides is 2. The maximum Gasteiger partial charge on any atom is 0.331 e. The monoisotopic (exact) mass is 421 g/mol. The van der Waals surface area contributed by atoms with Crippen LogP contribution >= 0.6 is 0 Å². The smallest absolute Gasteiger partial charge is 0.331 e. The molecule has 0 aliphatic heterocycles. The quantitative estimate of drug-likeness (QED) is 0.445. The Kier molecular flexibility index (Phi) is 7.05. The van der Waals surface area contributed by atoms with E-state index in [2.05, 4.69) is 4.98 Å². The number of carbonyl (C=O) groups excluding carboxylic acids is 3. The molecule has 31 heavy (non-hydrogen) atoms. The molecular formula is C23H20FN3O4. The van der Waals surface area contributed by atoms with Crippen molar-refractivity contribution in [3.05, 3.63) is 78.3 Å². The highest BCUT2D eigenvalue weighted by Gasteiger charge is 2.18. The van der Waals surface area contributed by atoms with Crippen LogP contribution in [0, 0.1) is 5.82 Å². The highest BCUT2D eigenvalue weighted by Crippen LogP contribution is 2.16. The van der Waals surface area contributed by atoms with Gasteiger partial charge in [0.2, 0.25) is 5.91 Å². The van der Waals surface area contributed by atoms with E-state index in [4.69, 9.17) is 10.5 Å². The van der Waals surface area contributed by atoms with Gasteiger partial charge in [0.25, 0.3) is 5.91 Å². The van der Waals surface area contributed by atoms with Crippen molar-refractivity contribution in [1.82, 2.24) is 4.98 Å². The van der Waals surface area contributed by atoms with Gasteiger partial charge in [-0.2, -0.15) is 0 Å². The molecule has 3 aromatic rings. The van der Waals surface area contributed by atoms with Crippen molar-refractivity contribution >= 4 is 40.4 Å². The van der Waals surface area contributed by atoms with Gasteiger partial charge in [-0.25, -0.2) is 14.2 Å². The average molecular weight is 421 g/mol. The average Bonchev–Trinajstić information content (AvgIpc) is 2.77. The molecule has 0 atom stereocenters. The third-order valence-electron chi connectivity index (χ3n) is 4.37. The van der Waals surface area contributed by atoms with Gasteiger partial charge in [-0.3, -0.25) is 9.59 Å². The lowest BCUT2D eigenvalue weighted by molar-refractivity contribution is -0.143. The number of nitrogens with two attached hydrogens (primary N) is 1. The Morgan fingerprint density at radius 2 is 1.77 bits per heavy atom. The van der Waals surface area contributed by atoms with Gasteiger partial charge < -0.3 is 15.4 Å². The van der Waals surface area contributed by atoms with Crippen molar-refractivity contribution < 1.29 is 23.5 Å². The molecule has 0 spiro atoms. The first-order chi connectivity index (χ1) is 14.9. The third kappa shape index (κ3) is 6.20. The molecule has 0 aliphatic carbocycles. The number of hydrogen-bond donors (Lipinski definition) is 1. The summed E-state index contributed by atoms with van der Waals surface area (Å²) in [4.78, 5) is 41.3. The number of rotatable bonds is 8. The molecule has 2 aromatic carbocycles. The summed E-state index contributed by atoms with van der Waals surface area (Å²) in [6.45, 7) is -0.571. The third-order valence-corrected chi connectivity index (χ3v) is 4.37. The fourth-order valence-electron chi connectivity index (χ4n) is 2.83. The van der Waals surface area contributed by atoms with Crippen molar-refractivity contribution in [3.63, 3.8) is 0 Å². The zero-order chi connectivity index (χ0) is 22.2. The fraction of sp³-hybridized carbons (Fsp3) is 0.130. The number of hydrogen-bond acceptors (Lipinski definition) is 5. The molecule has 2 amide bonds. The molecule has 1 heterocycles. The molecule has 1 aromatic heterocycles. The summed E-state index contributed by atoms with van der Waals surface area (Å²) in [6.07, 6.45) is 2.57. The SMILES string of the molecule is NC(=O)CCN(C(=O)COC(=O)/C=C/c1ccc2ccccc2n1)c1ccc(F)cc1. The van der Waals surface area contributed by atoms with Crippen molar-refractivity contribution in [3.8, 4) is 0 Å². The number of ether oxygens (including phenoxy) is 1. The highest BCUT2D eigenvalue weighted by molar-refractivity contribution is 5.97. The van der Waals surface area contributed by atoms with Gasteiger partial charge in [0, 0.05) is 30.1 Å². The summed E-state index contributed by atoms with van der Waals surface area (Å²) in [7, 11) is 0. The first-order valence-corrected chi connectivity index (χ1v) is 9.47. The number of esters is 1. The van der Waals surface area contributed by atoms with Crippen LogP contribution in [-0.4, -0.2) is 35.9 Å². The van der Waals surface area contributed by atoms with Gasteiger partial charge in [-0.15, -0.1) is 0 Å². The van der Waals surface area contributed by atoms with Gasteiger partial charge >= 0.3 is 5.97 Å². The number of pyridine rings is 1. The number of nitrogens with zero attached hydrogens (tertiary/aromatic N) is 2. The summed E-state index contributed by atoms with van der Waals surface area (Å²) in [5.74, 6) is -2.36. The molecule has 0 fully saturated rings. The topological polar surface area (TPSA) is 103 Å². The van der Waals surface area contributed by atoms with E-state index in [1.54, 1.807) is 6.07 Å². The number of halogens is 1. The minimum Gasteiger partial charge on any atom is -0.452 e. The van der Waals surface area contributed by atoms with Gasteiger partial charge in [-0.05, 0) is 42.5 Å². The van der Waals surface area contributed by atoms with Crippen molar-refractivity contribution in [2.24, 2.45) is 5.73 Å². The molecule has 0 radical (unpaired) electrons. The van der Waals surface area contributed by atoms with Crippen LogP contribution in [0.5, 0.6) is 0 Å². The highest BCUT2D eigenvalue weighted by atomic mass is 19.1. The molecular weight excluding hydrogens is 401 g/mol. The van der Waals surface area contributed by atoms with Crippen LogP contribution in [0.2, 0.25) is 0 Å². The van der Waals surface area contributed by atoms with Gasteiger partial charge in [-0.1, -0.05) is 24.3 Å². The number of carbonyl (C=O) groups is 3. The van der Waals surface area contributed by atoms with Crippen molar-refractivity contribution in [1.29, 1.82) is 0 Å². The van der Waals surface area contributed by atoms with E-state index in [9.17, 15) is 18.8 Å². The van der Waals surface area contributed by atoms with Crippen LogP contribution in [0.4, 0.5) is 10.1 Å². The van der Waals surface area contributed by atoms with Crippen LogP contribution in [0.25, 0.3) is 17.0 Å². The lowest BCUT2D eigenvalue weighted by Crippen LogP contribution is -2.37. The van der Waals surface area contributed by atoms with E-state index in [0.717, 1.165) is 10.9 Å². The first-order valence-electron chi connectivity index (χ1n) is 9.47. The van der Waals surface area contributed by atoms with E-state index < -0.39 is 30.2 Å². The second kappa shape index (κ2) is 10.1. The molecule has 2 N–H and O–H groups in total. The molecule has 0 bridgehead atoms. The van der Waals surface area contributed by atoms with Crippen molar-refractivity contribution in [2.75, 3.05) is 18.1 Å². The maximum absolute atomic E-state index is 13.2. The Morgan fingerprint density at radius 3 is 2.52 bits per heavy atom. The molecule has 8 heteroatoms. The number of primary amides is 1. The number of benzene rings is 2. The molecule has 158 valence electrons. The van der Waals surface area contributed by atoms with Crippen LogP contribution < -0.4 is 10.6 Å². The zero-order valence-corrected chi connectivity index (χ0v) is 16.5. The van der Waals surface area contributed by atoms with Crippen LogP contribution in [0.3, 0.4) is 0 Å². The lowest BCUT2D eigenvalue weighted by atomic mass is 10.2. The fourth-order valence-corrected chi connectivity index (χ4v) is 2.83. The van der Waals surface area contributed by atoms with Gasteiger partial charge in [0.1, 0.15) is 5.82 Å². The van der Waals surface area contributed by atoms with Crippen LogP contribution in [0.15, 0.2) is 66.7 Å². The second-order valence-electron chi connectivity index (χ2n) is 6.61. The van der Waals surface area contributed by atoms with E-state index in [0.29, 0.717) is 11.4 Å². The predicted octanol–water partition coefficient (Wildman–Crippen LogP) is 2.84. The second-order valence-corrected chi connectivity index (χ2v) is 6.61. The lowest BCUT2D eigenvalue weighted by Gasteiger charge is -2.22. The zero-order valence-electron chi connectivity index (χ0n) is 16.5. The molecule has 0 unspecified atom stereocenters. The number of fused-ring (bicyclic) bond motifs is 1. The van der Waals surface area contributed by atoms with E-state index in [-0.39, 0.29) is 13.0 Å². The summed E-state index contributed by atoms with van der Waals surface area (Å²) in [5, 5.41) is 0.977. The Balaban J connectivity index is 1.61. The minimum absolute atomic E-state index is 0.0196. The Morgan fingerprint density at radius 1 is 1.03 bits per heavy atom. The summed E-state index contributed by atoms with van der Waals surface area (Å²) in [6, 6.07) is 16.4. The Labute approximate surface area is 177 Å². The summed E-state index contributed by atoms with van der Waals surface area (Å²) >= 11 is 0. The Hall–Kier alpha value is -4.07. The standard InChI is InChI=1S/C23H20FN3O4/c24-17-6-10-19(11-7-17)27(14-13-21(25)28)22(29)15-31-23(30)12-9-18-8-5-16-3-1-2-4-20(16)26-18/h1-12H,13-15H2,(H2,25,28)/b12-9+. The van der Waals surface area contributed by atoms with Gasteiger partial charge in [0.15, 0.2) is 6.61 Å². The predicted molar refractivity (Wildman–Crippen MR) is 114 cm³/mol. The van der Waals surface area contributed by atoms with E-state index in [1.165, 1.54) is 41.3 Å². The number of aromatic nitrogens is 1. The number of para-hydroxylation sites is 1. The minimum atomic E-state index is -0.725. The van der Waals surface area contributed by atoms with Crippen LogP contribution in [0.1, 0.15) is 12.1 Å². The largest absolute Gasteiger partial charge is 0.452 e. The molecule has 3 rings (SSSR count). The molecule has 0 aliphatic rings. The Bertz CT molecular complexity index is 1130. The first kappa shape index (κ1) is 21.6. The maximum atomic E-state index is 13.2. The molecule has 0 saturated carbocycles.